The molecule has 1 atom stereocenters. The third kappa shape index (κ3) is 3.23. The Morgan fingerprint density at radius 3 is 2.19 bits per heavy atom. The predicted octanol–water partition coefficient (Wildman–Crippen LogP) is 4.48. The second-order valence-corrected chi connectivity index (χ2v) is 7.17. The Morgan fingerprint density at radius 2 is 1.69 bits per heavy atom. The van der Waals surface area contributed by atoms with Gasteiger partial charge in [0.25, 0.3) is 0 Å². The molecule has 136 valence electrons. The van der Waals surface area contributed by atoms with Crippen LogP contribution in [0.25, 0.3) is 16.8 Å². The molecule has 0 spiro atoms. The molecule has 2 N–H and O–H groups in total. The number of aromatic nitrogens is 1. The molecule has 0 fully saturated rings. The fraction of sp³-hybridized carbons (Fsp3) is 0.200. The number of rotatable bonds is 5. The standard InChI is InChI=1S/C20H20FNO3S/c1-13(2)19-17(12-23)18(14-8-10-15(21)11-9-14)20(26(24)25)22(19)16-6-4-3-5-7-16/h3-11,13,23H,12H2,1-2H3,(H,24,25). The van der Waals surface area contributed by atoms with Crippen molar-refractivity contribution in [1.82, 2.24) is 4.57 Å². The first-order valence-corrected chi connectivity index (χ1v) is 9.37. The largest absolute Gasteiger partial charge is 0.392 e. The maximum absolute atomic E-state index is 13.4. The van der Waals surface area contributed by atoms with Crippen molar-refractivity contribution in [2.75, 3.05) is 0 Å². The van der Waals surface area contributed by atoms with Crippen LogP contribution in [0.4, 0.5) is 4.39 Å². The van der Waals surface area contributed by atoms with E-state index in [1.807, 2.05) is 44.2 Å². The lowest BCUT2D eigenvalue weighted by atomic mass is 9.99. The van der Waals surface area contributed by atoms with Crippen molar-refractivity contribution in [2.24, 2.45) is 0 Å². The number of aliphatic hydroxyl groups is 1. The molecule has 3 rings (SSSR count). The Bertz CT molecular complexity index is 934. The van der Waals surface area contributed by atoms with Gasteiger partial charge in [-0.05, 0) is 35.7 Å². The Balaban J connectivity index is 2.44. The van der Waals surface area contributed by atoms with E-state index in [1.165, 1.54) is 12.1 Å². The third-order valence-corrected chi connectivity index (χ3v) is 5.00. The van der Waals surface area contributed by atoms with Crippen LogP contribution in [0, 0.1) is 5.82 Å². The summed E-state index contributed by atoms with van der Waals surface area (Å²) in [5.74, 6) is -0.397. The number of hydrogen-bond donors (Lipinski definition) is 2. The summed E-state index contributed by atoms with van der Waals surface area (Å²) in [6.45, 7) is 3.64. The molecule has 0 bridgehead atoms. The van der Waals surface area contributed by atoms with E-state index in [-0.39, 0.29) is 17.6 Å². The zero-order valence-corrected chi connectivity index (χ0v) is 15.3. The molecule has 1 unspecified atom stereocenters. The number of halogens is 1. The Hall–Kier alpha value is -2.28. The van der Waals surface area contributed by atoms with Gasteiger partial charge in [0, 0.05) is 22.5 Å². The maximum Gasteiger partial charge on any atom is 0.204 e. The van der Waals surface area contributed by atoms with Crippen LogP contribution in [0.3, 0.4) is 0 Å². The fourth-order valence-corrected chi connectivity index (χ4v) is 4.07. The first-order chi connectivity index (χ1) is 12.5. The van der Waals surface area contributed by atoms with E-state index in [1.54, 1.807) is 16.7 Å². The summed E-state index contributed by atoms with van der Waals surface area (Å²) in [4.78, 5) is 0. The average Bonchev–Trinajstić information content (AvgIpc) is 2.98. The number of benzene rings is 2. The van der Waals surface area contributed by atoms with Crippen LogP contribution in [0.5, 0.6) is 0 Å². The van der Waals surface area contributed by atoms with Gasteiger partial charge in [-0.15, -0.1) is 0 Å². The second kappa shape index (κ2) is 7.53. The average molecular weight is 373 g/mol. The summed E-state index contributed by atoms with van der Waals surface area (Å²) in [5.41, 5.74) is 3.13. The van der Waals surface area contributed by atoms with Gasteiger partial charge in [-0.3, -0.25) is 0 Å². The van der Waals surface area contributed by atoms with E-state index < -0.39 is 16.9 Å². The molecule has 26 heavy (non-hydrogen) atoms. The molecule has 4 nitrogen and oxygen atoms in total. The molecule has 0 aliphatic carbocycles. The monoisotopic (exact) mass is 373 g/mol. The molecule has 0 aliphatic heterocycles. The summed E-state index contributed by atoms with van der Waals surface area (Å²) in [7, 11) is 0. The highest BCUT2D eigenvalue weighted by Crippen LogP contribution is 2.40. The van der Waals surface area contributed by atoms with Crippen LogP contribution < -0.4 is 0 Å². The van der Waals surface area contributed by atoms with Gasteiger partial charge in [-0.25, -0.2) is 8.60 Å². The molecule has 0 radical (unpaired) electrons. The predicted molar refractivity (Wildman–Crippen MR) is 100 cm³/mol. The first kappa shape index (κ1) is 18.5. The summed E-state index contributed by atoms with van der Waals surface area (Å²) in [5, 5.41) is 10.2. The van der Waals surface area contributed by atoms with E-state index in [2.05, 4.69) is 0 Å². The van der Waals surface area contributed by atoms with Crippen molar-refractivity contribution < 1.29 is 18.3 Å². The molecule has 1 heterocycles. The minimum Gasteiger partial charge on any atom is -0.392 e. The molecule has 0 amide bonds. The number of nitrogens with zero attached hydrogens (tertiary/aromatic N) is 1. The summed E-state index contributed by atoms with van der Waals surface area (Å²) in [6, 6.07) is 15.0. The van der Waals surface area contributed by atoms with Crippen LogP contribution in [0.1, 0.15) is 31.0 Å². The highest BCUT2D eigenvalue weighted by atomic mass is 32.2. The molecule has 0 saturated heterocycles. The van der Waals surface area contributed by atoms with E-state index in [9.17, 15) is 18.3 Å². The zero-order valence-electron chi connectivity index (χ0n) is 14.5. The van der Waals surface area contributed by atoms with Crippen molar-refractivity contribution in [3.05, 3.63) is 71.7 Å². The van der Waals surface area contributed by atoms with Crippen molar-refractivity contribution in [3.63, 3.8) is 0 Å². The van der Waals surface area contributed by atoms with Crippen molar-refractivity contribution >= 4 is 11.1 Å². The molecule has 2 aromatic carbocycles. The SMILES string of the molecule is CC(C)c1c(CO)c(-c2ccc(F)cc2)c(S(=O)O)n1-c1ccccc1. The molecule has 6 heteroatoms. The highest BCUT2D eigenvalue weighted by molar-refractivity contribution is 7.79. The lowest BCUT2D eigenvalue weighted by Crippen LogP contribution is -2.08. The van der Waals surface area contributed by atoms with Crippen molar-refractivity contribution in [2.45, 2.75) is 31.4 Å². The van der Waals surface area contributed by atoms with Crippen molar-refractivity contribution in [3.8, 4) is 16.8 Å². The lowest BCUT2D eigenvalue weighted by Gasteiger charge is -2.15. The van der Waals surface area contributed by atoms with E-state index in [0.29, 0.717) is 16.7 Å². The second-order valence-electron chi connectivity index (χ2n) is 6.28. The minimum absolute atomic E-state index is 0.00569. The number of hydrogen-bond acceptors (Lipinski definition) is 2. The van der Waals surface area contributed by atoms with Crippen molar-refractivity contribution in [1.29, 1.82) is 0 Å². The minimum atomic E-state index is -2.31. The van der Waals surface area contributed by atoms with E-state index in [0.717, 1.165) is 11.4 Å². The third-order valence-electron chi connectivity index (χ3n) is 4.29. The van der Waals surface area contributed by atoms with E-state index >= 15 is 0 Å². The summed E-state index contributed by atoms with van der Waals surface area (Å²) >= 11 is -2.31. The molecular formula is C20H20FNO3S. The van der Waals surface area contributed by atoms with Gasteiger partial charge in [0.1, 0.15) is 10.8 Å². The van der Waals surface area contributed by atoms with Crippen LogP contribution in [0.2, 0.25) is 0 Å². The number of para-hydroxylation sites is 1. The normalized spacial score (nSPS) is 12.5. The zero-order chi connectivity index (χ0) is 18.8. The molecule has 0 aliphatic rings. The molecule has 3 aromatic rings. The molecular weight excluding hydrogens is 353 g/mol. The first-order valence-electron chi connectivity index (χ1n) is 8.26. The lowest BCUT2D eigenvalue weighted by molar-refractivity contribution is 0.280. The van der Waals surface area contributed by atoms with Gasteiger partial charge in [-0.1, -0.05) is 44.2 Å². The van der Waals surface area contributed by atoms with Crippen LogP contribution in [-0.2, 0) is 17.7 Å². The maximum atomic E-state index is 13.4. The van der Waals surface area contributed by atoms with Gasteiger partial charge in [0.2, 0.25) is 11.1 Å². The molecule has 0 saturated carbocycles. The number of aliphatic hydroxyl groups excluding tert-OH is 1. The highest BCUT2D eigenvalue weighted by Gasteiger charge is 2.28. The Morgan fingerprint density at radius 1 is 1.08 bits per heavy atom. The van der Waals surface area contributed by atoms with Gasteiger partial charge in [0.15, 0.2) is 0 Å². The summed E-state index contributed by atoms with van der Waals surface area (Å²) < 4.78 is 37.5. The summed E-state index contributed by atoms with van der Waals surface area (Å²) in [6.07, 6.45) is 0. The Labute approximate surface area is 154 Å². The van der Waals surface area contributed by atoms with Gasteiger partial charge in [-0.2, -0.15) is 0 Å². The fourth-order valence-electron chi connectivity index (χ4n) is 3.29. The van der Waals surface area contributed by atoms with Crippen LogP contribution >= 0.6 is 0 Å². The quantitative estimate of drug-likeness (QED) is 0.648. The smallest absolute Gasteiger partial charge is 0.204 e. The van der Waals surface area contributed by atoms with Gasteiger partial charge < -0.3 is 14.2 Å². The van der Waals surface area contributed by atoms with Crippen LogP contribution in [0.15, 0.2) is 59.6 Å². The van der Waals surface area contributed by atoms with Gasteiger partial charge >= 0.3 is 0 Å². The van der Waals surface area contributed by atoms with Crippen LogP contribution in [-0.4, -0.2) is 18.4 Å². The van der Waals surface area contributed by atoms with E-state index in [4.69, 9.17) is 0 Å². The Kier molecular flexibility index (Phi) is 5.36. The molecule has 1 aromatic heterocycles. The topological polar surface area (TPSA) is 62.5 Å². The van der Waals surface area contributed by atoms with Gasteiger partial charge in [0.05, 0.1) is 6.61 Å².